The minimum atomic E-state index is -1.03. The summed E-state index contributed by atoms with van der Waals surface area (Å²) >= 11 is 0. The molecule has 0 aliphatic rings. The summed E-state index contributed by atoms with van der Waals surface area (Å²) < 4.78 is 24.2. The summed E-state index contributed by atoms with van der Waals surface area (Å²) in [5.41, 5.74) is 0.143. The first-order valence-electron chi connectivity index (χ1n) is 5.68. The van der Waals surface area contributed by atoms with Crippen molar-refractivity contribution in [3.63, 3.8) is 0 Å². The minimum absolute atomic E-state index is 0.0900. The SMILES string of the molecule is CCOc1nccc(C(O)C(C)OCC)c1F. The molecular weight excluding hydrogens is 225 g/mol. The third kappa shape index (κ3) is 3.38. The van der Waals surface area contributed by atoms with Crippen molar-refractivity contribution in [2.75, 3.05) is 13.2 Å². The molecule has 0 saturated heterocycles. The molecule has 1 aromatic rings. The first-order valence-corrected chi connectivity index (χ1v) is 5.68. The standard InChI is InChI=1S/C12H18FNO3/c1-4-16-8(3)11(15)9-6-7-14-12(10(9)13)17-5-2/h6-8,11,15H,4-5H2,1-3H3. The van der Waals surface area contributed by atoms with E-state index in [4.69, 9.17) is 9.47 Å². The van der Waals surface area contributed by atoms with Gasteiger partial charge in [-0.3, -0.25) is 0 Å². The van der Waals surface area contributed by atoms with Crippen LogP contribution in [0, 0.1) is 5.82 Å². The van der Waals surface area contributed by atoms with E-state index in [1.54, 1.807) is 13.8 Å². The summed E-state index contributed by atoms with van der Waals surface area (Å²) in [6.07, 6.45) is -0.103. The van der Waals surface area contributed by atoms with Crippen molar-refractivity contribution in [3.05, 3.63) is 23.6 Å². The fraction of sp³-hybridized carbons (Fsp3) is 0.583. The van der Waals surface area contributed by atoms with E-state index < -0.39 is 18.0 Å². The van der Waals surface area contributed by atoms with Gasteiger partial charge in [0.05, 0.1) is 12.7 Å². The first kappa shape index (κ1) is 13.9. The second-order valence-corrected chi connectivity index (χ2v) is 3.56. The molecule has 0 amide bonds. The second kappa shape index (κ2) is 6.51. The van der Waals surface area contributed by atoms with Crippen molar-refractivity contribution < 1.29 is 19.0 Å². The highest BCUT2D eigenvalue weighted by Gasteiger charge is 2.22. The highest BCUT2D eigenvalue weighted by Crippen LogP contribution is 2.26. The van der Waals surface area contributed by atoms with Gasteiger partial charge in [0.25, 0.3) is 5.88 Å². The lowest BCUT2D eigenvalue weighted by molar-refractivity contribution is -0.0244. The average molecular weight is 243 g/mol. The fourth-order valence-corrected chi connectivity index (χ4v) is 1.51. The molecule has 0 bridgehead atoms. The molecule has 1 N–H and O–H groups in total. The zero-order chi connectivity index (χ0) is 12.8. The van der Waals surface area contributed by atoms with E-state index in [0.29, 0.717) is 13.2 Å². The van der Waals surface area contributed by atoms with Crippen LogP contribution in [-0.2, 0) is 4.74 Å². The molecule has 1 aromatic heterocycles. The lowest BCUT2D eigenvalue weighted by Crippen LogP contribution is -2.20. The Labute approximate surface area is 100 Å². The molecule has 96 valence electrons. The topological polar surface area (TPSA) is 51.6 Å². The molecule has 0 aliphatic heterocycles. The van der Waals surface area contributed by atoms with Crippen LogP contribution in [0.2, 0.25) is 0 Å². The molecular formula is C12H18FNO3. The van der Waals surface area contributed by atoms with Gasteiger partial charge in [0.2, 0.25) is 0 Å². The van der Waals surface area contributed by atoms with E-state index in [2.05, 4.69) is 4.98 Å². The maximum Gasteiger partial charge on any atom is 0.250 e. The Morgan fingerprint density at radius 1 is 1.41 bits per heavy atom. The quantitative estimate of drug-likeness (QED) is 0.831. The normalized spacial score (nSPS) is 14.4. The van der Waals surface area contributed by atoms with Crippen molar-refractivity contribution in [3.8, 4) is 5.88 Å². The van der Waals surface area contributed by atoms with Crippen LogP contribution >= 0.6 is 0 Å². The zero-order valence-electron chi connectivity index (χ0n) is 10.3. The van der Waals surface area contributed by atoms with Gasteiger partial charge >= 0.3 is 0 Å². The van der Waals surface area contributed by atoms with Gasteiger partial charge in [0.15, 0.2) is 5.82 Å². The lowest BCUT2D eigenvalue weighted by Gasteiger charge is -2.20. The van der Waals surface area contributed by atoms with Crippen LogP contribution in [0.4, 0.5) is 4.39 Å². The van der Waals surface area contributed by atoms with Gasteiger partial charge in [0.1, 0.15) is 6.10 Å². The van der Waals surface area contributed by atoms with Crippen LogP contribution < -0.4 is 4.74 Å². The number of nitrogens with zero attached hydrogens (tertiary/aromatic N) is 1. The maximum absolute atomic E-state index is 13.9. The molecule has 2 atom stereocenters. The van der Waals surface area contributed by atoms with Crippen LogP contribution in [0.5, 0.6) is 5.88 Å². The number of ether oxygens (including phenoxy) is 2. The number of hydrogen-bond donors (Lipinski definition) is 1. The Morgan fingerprint density at radius 2 is 2.12 bits per heavy atom. The first-order chi connectivity index (χ1) is 8.11. The predicted octanol–water partition coefficient (Wildman–Crippen LogP) is 2.08. The third-order valence-corrected chi connectivity index (χ3v) is 2.36. The van der Waals surface area contributed by atoms with Gasteiger partial charge in [-0.25, -0.2) is 9.37 Å². The summed E-state index contributed by atoms with van der Waals surface area (Å²) in [5.74, 6) is -0.721. The Balaban J connectivity index is 2.93. The Kier molecular flexibility index (Phi) is 5.31. The maximum atomic E-state index is 13.9. The van der Waals surface area contributed by atoms with E-state index in [1.165, 1.54) is 12.3 Å². The van der Waals surface area contributed by atoms with Crippen molar-refractivity contribution in [1.82, 2.24) is 4.98 Å². The largest absolute Gasteiger partial charge is 0.476 e. The van der Waals surface area contributed by atoms with Crippen molar-refractivity contribution in [2.45, 2.75) is 33.0 Å². The Bertz CT molecular complexity index is 360. The number of halogens is 1. The molecule has 0 fully saturated rings. The summed E-state index contributed by atoms with van der Waals surface area (Å²) in [6, 6.07) is 1.43. The van der Waals surface area contributed by atoms with Crippen LogP contribution in [0.1, 0.15) is 32.4 Å². The van der Waals surface area contributed by atoms with E-state index in [-0.39, 0.29) is 11.4 Å². The smallest absolute Gasteiger partial charge is 0.250 e. The summed E-state index contributed by atoms with van der Waals surface area (Å²) in [4.78, 5) is 3.77. The van der Waals surface area contributed by atoms with Gasteiger partial charge in [-0.2, -0.15) is 0 Å². The Hall–Kier alpha value is -1.20. The van der Waals surface area contributed by atoms with Gasteiger partial charge < -0.3 is 14.6 Å². The Morgan fingerprint density at radius 3 is 2.71 bits per heavy atom. The highest BCUT2D eigenvalue weighted by molar-refractivity contribution is 5.26. The molecule has 1 rings (SSSR count). The lowest BCUT2D eigenvalue weighted by atomic mass is 10.1. The highest BCUT2D eigenvalue weighted by atomic mass is 19.1. The summed E-state index contributed by atoms with van der Waals surface area (Å²) in [7, 11) is 0. The summed E-state index contributed by atoms with van der Waals surface area (Å²) in [6.45, 7) is 6.03. The minimum Gasteiger partial charge on any atom is -0.476 e. The number of hydrogen-bond acceptors (Lipinski definition) is 4. The van der Waals surface area contributed by atoms with Crippen LogP contribution in [-0.4, -0.2) is 29.4 Å². The predicted molar refractivity (Wildman–Crippen MR) is 61.4 cm³/mol. The molecule has 1 heterocycles. The molecule has 0 spiro atoms. The van der Waals surface area contributed by atoms with Crippen molar-refractivity contribution in [1.29, 1.82) is 0 Å². The molecule has 4 nitrogen and oxygen atoms in total. The third-order valence-electron chi connectivity index (χ3n) is 2.36. The van der Waals surface area contributed by atoms with Crippen LogP contribution in [0.25, 0.3) is 0 Å². The van der Waals surface area contributed by atoms with Gasteiger partial charge in [-0.05, 0) is 26.8 Å². The van der Waals surface area contributed by atoms with E-state index >= 15 is 0 Å². The zero-order valence-corrected chi connectivity index (χ0v) is 10.3. The molecule has 2 unspecified atom stereocenters. The molecule has 5 heteroatoms. The van der Waals surface area contributed by atoms with Gasteiger partial charge in [-0.1, -0.05) is 0 Å². The second-order valence-electron chi connectivity index (χ2n) is 3.56. The summed E-state index contributed by atoms with van der Waals surface area (Å²) in [5, 5.41) is 9.95. The van der Waals surface area contributed by atoms with Crippen molar-refractivity contribution >= 4 is 0 Å². The molecule has 0 aromatic carbocycles. The molecule has 17 heavy (non-hydrogen) atoms. The number of rotatable bonds is 6. The van der Waals surface area contributed by atoms with Crippen LogP contribution in [0.15, 0.2) is 12.3 Å². The number of aliphatic hydroxyl groups is 1. The van der Waals surface area contributed by atoms with E-state index in [0.717, 1.165) is 0 Å². The number of aromatic nitrogens is 1. The average Bonchev–Trinajstić information content (AvgIpc) is 2.31. The monoisotopic (exact) mass is 243 g/mol. The van der Waals surface area contributed by atoms with Crippen LogP contribution in [0.3, 0.4) is 0 Å². The fourth-order valence-electron chi connectivity index (χ4n) is 1.51. The number of pyridine rings is 1. The van der Waals surface area contributed by atoms with E-state index in [1.807, 2.05) is 6.92 Å². The van der Waals surface area contributed by atoms with Gasteiger partial charge in [0, 0.05) is 18.4 Å². The van der Waals surface area contributed by atoms with E-state index in [9.17, 15) is 9.50 Å². The van der Waals surface area contributed by atoms with Crippen molar-refractivity contribution in [2.24, 2.45) is 0 Å². The molecule has 0 saturated carbocycles. The number of aliphatic hydroxyl groups excluding tert-OH is 1. The molecule has 0 radical (unpaired) electrons. The molecule has 0 aliphatic carbocycles. The van der Waals surface area contributed by atoms with Gasteiger partial charge in [-0.15, -0.1) is 0 Å².